The number of aromatic nitrogens is 1. The van der Waals surface area contributed by atoms with Crippen LogP contribution in [0.15, 0.2) is 17.5 Å². The second kappa shape index (κ2) is 5.84. The van der Waals surface area contributed by atoms with Crippen LogP contribution in [0.5, 0.6) is 11.5 Å². The first-order valence-electron chi connectivity index (χ1n) is 6.80. The van der Waals surface area contributed by atoms with E-state index >= 15 is 0 Å². The van der Waals surface area contributed by atoms with Gasteiger partial charge in [0.15, 0.2) is 16.6 Å². The Labute approximate surface area is 135 Å². The number of thiazole rings is 1. The lowest BCUT2D eigenvalue weighted by Crippen LogP contribution is -2.14. The SMILES string of the molecule is CC(C)c1csc(NC(=O)c2cc3c(cc2[N+](=O)[O-])OCO3)n1. The van der Waals surface area contributed by atoms with Crippen LogP contribution in [0, 0.1) is 10.1 Å². The maximum atomic E-state index is 12.4. The average Bonchev–Trinajstić information content (AvgIpc) is 3.13. The van der Waals surface area contributed by atoms with Crippen molar-refractivity contribution in [3.8, 4) is 11.5 Å². The van der Waals surface area contributed by atoms with Gasteiger partial charge in [0.2, 0.25) is 6.79 Å². The van der Waals surface area contributed by atoms with E-state index in [9.17, 15) is 14.9 Å². The Morgan fingerprint density at radius 1 is 1.39 bits per heavy atom. The monoisotopic (exact) mass is 335 g/mol. The molecule has 23 heavy (non-hydrogen) atoms. The number of nitro groups is 1. The standard InChI is InChI=1S/C14H13N3O5S/c1-7(2)9-5-23-14(15-9)16-13(18)8-3-11-12(22-6-21-11)4-10(8)17(19)20/h3-5,7H,6H2,1-2H3,(H,15,16,18). The molecule has 0 saturated heterocycles. The Hall–Kier alpha value is -2.68. The van der Waals surface area contributed by atoms with Crippen LogP contribution in [0.1, 0.15) is 35.8 Å². The molecule has 3 rings (SSSR count). The molecule has 0 spiro atoms. The molecule has 2 aromatic rings. The summed E-state index contributed by atoms with van der Waals surface area (Å²) in [5, 5.41) is 16.0. The summed E-state index contributed by atoms with van der Waals surface area (Å²) in [7, 11) is 0. The van der Waals surface area contributed by atoms with Crippen LogP contribution in [-0.2, 0) is 0 Å². The Kier molecular flexibility index (Phi) is 3.87. The fourth-order valence-corrected chi connectivity index (χ4v) is 2.90. The number of ether oxygens (including phenoxy) is 2. The molecule has 0 atom stereocenters. The third-order valence-corrected chi connectivity index (χ3v) is 4.04. The van der Waals surface area contributed by atoms with Crippen molar-refractivity contribution in [2.45, 2.75) is 19.8 Å². The molecule has 1 amide bonds. The molecule has 120 valence electrons. The lowest BCUT2D eigenvalue weighted by molar-refractivity contribution is -0.385. The first-order chi connectivity index (χ1) is 11.0. The highest BCUT2D eigenvalue weighted by molar-refractivity contribution is 7.14. The molecule has 1 aromatic carbocycles. The highest BCUT2D eigenvalue weighted by Gasteiger charge is 2.27. The number of nitro benzene ring substituents is 1. The van der Waals surface area contributed by atoms with Crippen LogP contribution in [0.2, 0.25) is 0 Å². The van der Waals surface area contributed by atoms with Crippen molar-refractivity contribution in [1.82, 2.24) is 4.98 Å². The number of anilines is 1. The van der Waals surface area contributed by atoms with E-state index in [0.29, 0.717) is 10.9 Å². The predicted molar refractivity (Wildman–Crippen MR) is 83.4 cm³/mol. The van der Waals surface area contributed by atoms with E-state index in [4.69, 9.17) is 9.47 Å². The fraction of sp³-hybridized carbons (Fsp3) is 0.286. The lowest BCUT2D eigenvalue weighted by Gasteiger charge is -2.05. The van der Waals surface area contributed by atoms with Gasteiger partial charge in [-0.05, 0) is 5.92 Å². The third kappa shape index (κ3) is 2.95. The molecule has 1 aliphatic heterocycles. The number of carbonyl (C=O) groups is 1. The predicted octanol–water partition coefficient (Wildman–Crippen LogP) is 3.16. The van der Waals surface area contributed by atoms with E-state index in [2.05, 4.69) is 10.3 Å². The maximum Gasteiger partial charge on any atom is 0.286 e. The number of hydrogen-bond acceptors (Lipinski definition) is 7. The van der Waals surface area contributed by atoms with Crippen molar-refractivity contribution in [3.05, 3.63) is 38.9 Å². The van der Waals surface area contributed by atoms with Crippen molar-refractivity contribution in [2.75, 3.05) is 12.1 Å². The van der Waals surface area contributed by atoms with E-state index < -0.39 is 10.8 Å². The van der Waals surface area contributed by atoms with Gasteiger partial charge < -0.3 is 9.47 Å². The molecule has 0 unspecified atom stereocenters. The molecule has 0 bridgehead atoms. The highest BCUT2D eigenvalue weighted by Crippen LogP contribution is 2.38. The largest absolute Gasteiger partial charge is 0.454 e. The van der Waals surface area contributed by atoms with Gasteiger partial charge in [-0.1, -0.05) is 13.8 Å². The van der Waals surface area contributed by atoms with E-state index in [-0.39, 0.29) is 29.7 Å². The molecule has 8 nitrogen and oxygen atoms in total. The van der Waals surface area contributed by atoms with Crippen molar-refractivity contribution in [3.63, 3.8) is 0 Å². The minimum Gasteiger partial charge on any atom is -0.454 e. The summed E-state index contributed by atoms with van der Waals surface area (Å²) in [6.45, 7) is 3.95. The molecular weight excluding hydrogens is 322 g/mol. The Balaban J connectivity index is 1.90. The summed E-state index contributed by atoms with van der Waals surface area (Å²) in [5.41, 5.74) is 0.415. The number of amides is 1. The van der Waals surface area contributed by atoms with Crippen LogP contribution < -0.4 is 14.8 Å². The normalized spacial score (nSPS) is 12.5. The van der Waals surface area contributed by atoms with Gasteiger partial charge in [0, 0.05) is 11.4 Å². The number of nitrogens with zero attached hydrogens (tertiary/aromatic N) is 2. The number of fused-ring (bicyclic) bond motifs is 1. The van der Waals surface area contributed by atoms with Crippen molar-refractivity contribution in [2.24, 2.45) is 0 Å². The number of hydrogen-bond donors (Lipinski definition) is 1. The van der Waals surface area contributed by atoms with Crippen molar-refractivity contribution < 1.29 is 19.2 Å². The molecule has 2 heterocycles. The molecule has 0 saturated carbocycles. The summed E-state index contributed by atoms with van der Waals surface area (Å²) in [4.78, 5) is 27.2. The minimum absolute atomic E-state index is 0.0260. The Morgan fingerprint density at radius 3 is 2.70 bits per heavy atom. The number of rotatable bonds is 4. The van der Waals surface area contributed by atoms with Crippen LogP contribution >= 0.6 is 11.3 Å². The van der Waals surface area contributed by atoms with Gasteiger partial charge in [-0.2, -0.15) is 0 Å². The summed E-state index contributed by atoms with van der Waals surface area (Å²) in [6, 6.07) is 2.51. The second-order valence-electron chi connectivity index (χ2n) is 5.17. The molecule has 0 radical (unpaired) electrons. The quantitative estimate of drug-likeness (QED) is 0.680. The van der Waals surface area contributed by atoms with Gasteiger partial charge in [-0.25, -0.2) is 4.98 Å². The van der Waals surface area contributed by atoms with Gasteiger partial charge in [-0.3, -0.25) is 20.2 Å². The van der Waals surface area contributed by atoms with Crippen LogP contribution in [0.4, 0.5) is 10.8 Å². The molecule has 1 aliphatic rings. The smallest absolute Gasteiger partial charge is 0.286 e. The van der Waals surface area contributed by atoms with Crippen molar-refractivity contribution in [1.29, 1.82) is 0 Å². The summed E-state index contributed by atoms with van der Waals surface area (Å²) >= 11 is 1.27. The Bertz CT molecular complexity index is 787. The summed E-state index contributed by atoms with van der Waals surface area (Å²) < 4.78 is 10.3. The van der Waals surface area contributed by atoms with E-state index in [1.165, 1.54) is 23.5 Å². The van der Waals surface area contributed by atoms with Gasteiger partial charge >= 0.3 is 0 Å². The number of nitrogens with one attached hydrogen (secondary N) is 1. The van der Waals surface area contributed by atoms with Crippen LogP contribution in [0.3, 0.4) is 0 Å². The molecular formula is C14H13N3O5S. The highest BCUT2D eigenvalue weighted by atomic mass is 32.1. The molecule has 1 N–H and O–H groups in total. The van der Waals surface area contributed by atoms with Gasteiger partial charge in [-0.15, -0.1) is 11.3 Å². The number of benzene rings is 1. The van der Waals surface area contributed by atoms with E-state index in [0.717, 1.165) is 5.69 Å². The van der Waals surface area contributed by atoms with Gasteiger partial charge in [0.1, 0.15) is 5.56 Å². The average molecular weight is 335 g/mol. The van der Waals surface area contributed by atoms with E-state index in [1.54, 1.807) is 0 Å². The van der Waals surface area contributed by atoms with E-state index in [1.807, 2.05) is 19.2 Å². The van der Waals surface area contributed by atoms with Gasteiger partial charge in [0.25, 0.3) is 11.6 Å². The maximum absolute atomic E-state index is 12.4. The lowest BCUT2D eigenvalue weighted by atomic mass is 10.1. The Morgan fingerprint density at radius 2 is 2.09 bits per heavy atom. The zero-order chi connectivity index (χ0) is 16.6. The number of carbonyl (C=O) groups excluding carboxylic acids is 1. The molecule has 9 heteroatoms. The molecule has 1 aromatic heterocycles. The minimum atomic E-state index is -0.627. The molecule has 0 aliphatic carbocycles. The van der Waals surface area contributed by atoms with Crippen LogP contribution in [0.25, 0.3) is 0 Å². The zero-order valence-corrected chi connectivity index (χ0v) is 13.2. The van der Waals surface area contributed by atoms with Crippen LogP contribution in [-0.4, -0.2) is 22.6 Å². The first-order valence-corrected chi connectivity index (χ1v) is 7.68. The summed E-state index contributed by atoms with van der Waals surface area (Å²) in [6.07, 6.45) is 0. The second-order valence-corrected chi connectivity index (χ2v) is 6.02. The molecule has 0 fully saturated rings. The van der Waals surface area contributed by atoms with Crippen molar-refractivity contribution >= 4 is 28.1 Å². The summed E-state index contributed by atoms with van der Waals surface area (Å²) in [5.74, 6) is 0.184. The first kappa shape index (κ1) is 15.2. The van der Waals surface area contributed by atoms with Gasteiger partial charge in [0.05, 0.1) is 16.7 Å². The third-order valence-electron chi connectivity index (χ3n) is 3.27. The topological polar surface area (TPSA) is 104 Å². The zero-order valence-electron chi connectivity index (χ0n) is 12.4. The fourth-order valence-electron chi connectivity index (χ4n) is 2.04.